The molecule has 0 amide bonds. The fourth-order valence-corrected chi connectivity index (χ4v) is 10.9. The lowest BCUT2D eigenvalue weighted by atomic mass is 9.70. The highest BCUT2D eigenvalue weighted by atomic mass is 16.7. The third-order valence-corrected chi connectivity index (χ3v) is 17.4. The smallest absolute Gasteiger partial charge is 0.337 e. The van der Waals surface area contributed by atoms with Crippen LogP contribution in [0.5, 0.6) is 0 Å². The van der Waals surface area contributed by atoms with Crippen molar-refractivity contribution in [2.45, 2.75) is 233 Å². The number of carbonyl (C=O) groups excluding carboxylic acids is 6. The molecular formula is C62H98N2O12. The Balaban J connectivity index is 0.000000420. The number of rotatable bonds is 28. The maximum Gasteiger partial charge on any atom is 0.337 e. The Morgan fingerprint density at radius 1 is 0.526 bits per heavy atom. The summed E-state index contributed by atoms with van der Waals surface area (Å²) < 4.78 is 21.6. The molecule has 12 atom stereocenters. The summed E-state index contributed by atoms with van der Waals surface area (Å²) in [6, 6.07) is 20.1. The highest BCUT2D eigenvalue weighted by Gasteiger charge is 2.56. The van der Waals surface area contributed by atoms with Gasteiger partial charge in [0.05, 0.1) is 61.4 Å². The van der Waals surface area contributed by atoms with Crippen LogP contribution in [0.4, 0.5) is 0 Å². The molecule has 0 N–H and O–H groups in total. The van der Waals surface area contributed by atoms with Crippen LogP contribution in [-0.4, -0.2) is 107 Å². The molecule has 2 aromatic rings. The van der Waals surface area contributed by atoms with E-state index in [1.165, 1.54) is 19.8 Å². The van der Waals surface area contributed by atoms with Crippen LogP contribution in [0.15, 0.2) is 60.7 Å². The maximum atomic E-state index is 13.4. The molecule has 0 aromatic heterocycles. The number of ketones is 2. The summed E-state index contributed by atoms with van der Waals surface area (Å²) in [6.45, 7) is 29.1. The van der Waals surface area contributed by atoms with E-state index in [9.17, 15) is 28.8 Å². The van der Waals surface area contributed by atoms with Gasteiger partial charge in [-0.15, -0.1) is 0 Å². The molecule has 14 heteroatoms. The summed E-state index contributed by atoms with van der Waals surface area (Å²) in [5.41, 5.74) is -0.0661. The third-order valence-electron chi connectivity index (χ3n) is 17.4. The highest BCUT2D eigenvalue weighted by molar-refractivity contribution is 5.85. The van der Waals surface area contributed by atoms with Gasteiger partial charge < -0.3 is 18.9 Å². The minimum absolute atomic E-state index is 0.0220. The van der Waals surface area contributed by atoms with Crippen LogP contribution in [0.1, 0.15) is 210 Å². The van der Waals surface area contributed by atoms with Gasteiger partial charge in [0.1, 0.15) is 11.6 Å². The van der Waals surface area contributed by atoms with Gasteiger partial charge in [-0.2, -0.15) is 10.1 Å². The Hall–Kier alpha value is -4.50. The van der Waals surface area contributed by atoms with Gasteiger partial charge in [-0.25, -0.2) is 9.59 Å². The van der Waals surface area contributed by atoms with Crippen LogP contribution in [0.2, 0.25) is 0 Å². The Morgan fingerprint density at radius 2 is 0.908 bits per heavy atom. The first-order valence-electron chi connectivity index (χ1n) is 28.5. The number of hydrogen-bond acceptors (Lipinski definition) is 14. The zero-order valence-electron chi connectivity index (χ0n) is 49.5. The van der Waals surface area contributed by atoms with Crippen molar-refractivity contribution in [1.29, 1.82) is 0 Å². The molecule has 0 aliphatic carbocycles. The van der Waals surface area contributed by atoms with Crippen LogP contribution in [0.25, 0.3) is 0 Å². The topological polar surface area (TPSA) is 164 Å². The van der Waals surface area contributed by atoms with Crippen molar-refractivity contribution in [3.05, 3.63) is 71.8 Å². The van der Waals surface area contributed by atoms with E-state index in [2.05, 4.69) is 53.7 Å². The summed E-state index contributed by atoms with van der Waals surface area (Å²) in [7, 11) is 2.58. The number of hydrogen-bond donors (Lipinski definition) is 0. The fraction of sp³-hybridized carbons (Fsp3) is 0.710. The van der Waals surface area contributed by atoms with Crippen molar-refractivity contribution in [2.24, 2.45) is 23.7 Å². The molecule has 2 heterocycles. The summed E-state index contributed by atoms with van der Waals surface area (Å²) in [5, 5.41) is 3.81. The number of nitrogens with zero attached hydrogens (tertiary/aromatic N) is 2. The zero-order valence-corrected chi connectivity index (χ0v) is 49.5. The van der Waals surface area contributed by atoms with Gasteiger partial charge in [0.25, 0.3) is 0 Å². The van der Waals surface area contributed by atoms with E-state index in [-0.39, 0.29) is 66.4 Å². The molecule has 12 unspecified atom stereocenters. The molecular weight excluding hydrogens is 965 g/mol. The Labute approximate surface area is 457 Å². The average molecular weight is 1060 g/mol. The van der Waals surface area contributed by atoms with Gasteiger partial charge >= 0.3 is 23.9 Å². The van der Waals surface area contributed by atoms with Gasteiger partial charge in [-0.05, 0) is 115 Å². The number of hydroxylamine groups is 4. The van der Waals surface area contributed by atoms with E-state index in [0.29, 0.717) is 45.3 Å². The molecule has 0 saturated carbocycles. The second-order valence-corrected chi connectivity index (χ2v) is 22.7. The number of esters is 4. The van der Waals surface area contributed by atoms with E-state index >= 15 is 0 Å². The van der Waals surface area contributed by atoms with Gasteiger partial charge in [-0.1, -0.05) is 143 Å². The summed E-state index contributed by atoms with van der Waals surface area (Å²) in [6.07, 6.45) is 6.00. The van der Waals surface area contributed by atoms with Crippen molar-refractivity contribution >= 4 is 35.4 Å². The molecule has 4 rings (SSSR count). The molecule has 2 saturated heterocycles. The molecule has 0 spiro atoms. The van der Waals surface area contributed by atoms with Gasteiger partial charge in [-0.3, -0.25) is 28.9 Å². The SMILES string of the molecule is CCCCOC(=O)C(CC(C)c1ccccc1)ON1C(C)(CC)CC(=O)C(C)C1(C)CC.CCCCOC(=O)C(CC(CC(ON1C(C)(CC)CC(=O)C(C)C1(C)CC)C(=O)OC)C(=O)OC)CC(C)c1ccccc1. The average Bonchev–Trinajstić information content (AvgIpc) is 3.42. The standard InChI is InChI=1S/C35H55NO8.C27H43NO4/c1-10-13-19-43-32(39)27(20-24(4)26-17-15-14-16-18-26)21-28(31(38)41-8)22-30(33(40)42-9)44-36-34(6,11-2)23-29(37)25(5)35(36,7)12-3;1-8-11-17-31-25(30)24(18-20(4)22-15-13-12-14-16-22)32-28-26(6,9-2)19-23(29)21(5)27(28,7)10-3/h14-18,24-25,27-28,30H,10-13,19-23H2,1-9H3;12-16,20-21,24H,8-11,17-19H2,1-7H3. The van der Waals surface area contributed by atoms with E-state index < -0.39 is 58.1 Å². The quantitative estimate of drug-likeness (QED) is 0.0449. The molecule has 14 nitrogen and oxygen atoms in total. The third kappa shape index (κ3) is 16.8. The normalized spacial score (nSPS) is 26.4. The van der Waals surface area contributed by atoms with Gasteiger partial charge in [0.15, 0.2) is 12.2 Å². The van der Waals surface area contributed by atoms with Crippen LogP contribution in [-0.2, 0) is 57.4 Å². The van der Waals surface area contributed by atoms with E-state index in [0.717, 1.165) is 44.1 Å². The lowest BCUT2D eigenvalue weighted by Gasteiger charge is -2.56. The Bertz CT molecular complexity index is 2140. The zero-order chi connectivity index (χ0) is 57.0. The van der Waals surface area contributed by atoms with E-state index in [1.807, 2.05) is 114 Å². The minimum Gasteiger partial charge on any atom is -0.469 e. The molecule has 2 fully saturated rings. The van der Waals surface area contributed by atoms with E-state index in [4.69, 9.17) is 28.6 Å². The van der Waals surface area contributed by atoms with E-state index in [1.54, 1.807) is 0 Å². The van der Waals surface area contributed by atoms with Crippen LogP contribution < -0.4 is 0 Å². The predicted octanol–water partition coefficient (Wildman–Crippen LogP) is 12.5. The second-order valence-electron chi connectivity index (χ2n) is 22.7. The van der Waals surface area contributed by atoms with Gasteiger partial charge in [0.2, 0.25) is 0 Å². The number of carbonyl (C=O) groups is 6. The highest BCUT2D eigenvalue weighted by Crippen LogP contribution is 2.47. The Kier molecular flexibility index (Phi) is 26.5. The van der Waals surface area contributed by atoms with Crippen molar-refractivity contribution in [1.82, 2.24) is 10.1 Å². The molecule has 428 valence electrons. The molecule has 76 heavy (non-hydrogen) atoms. The first-order chi connectivity index (χ1) is 35.9. The predicted molar refractivity (Wildman–Crippen MR) is 297 cm³/mol. The molecule has 0 bridgehead atoms. The fourth-order valence-electron chi connectivity index (χ4n) is 10.9. The van der Waals surface area contributed by atoms with Crippen LogP contribution in [0.3, 0.4) is 0 Å². The van der Waals surface area contributed by atoms with Crippen molar-refractivity contribution in [2.75, 3.05) is 27.4 Å². The lowest BCUT2D eigenvalue weighted by Crippen LogP contribution is -2.67. The summed E-state index contributed by atoms with van der Waals surface area (Å²) in [5.74, 6) is -3.26. The van der Waals surface area contributed by atoms with Crippen LogP contribution >= 0.6 is 0 Å². The number of methoxy groups -OCH3 is 2. The number of piperidine rings is 2. The Morgan fingerprint density at radius 3 is 1.29 bits per heavy atom. The number of ether oxygens (including phenoxy) is 4. The van der Waals surface area contributed by atoms with Crippen molar-refractivity contribution < 1.29 is 57.4 Å². The summed E-state index contributed by atoms with van der Waals surface area (Å²) >= 11 is 0. The van der Waals surface area contributed by atoms with Crippen LogP contribution in [0, 0.1) is 23.7 Å². The molecule has 2 aliphatic rings. The maximum absolute atomic E-state index is 13.4. The largest absolute Gasteiger partial charge is 0.469 e. The first kappa shape index (κ1) is 65.8. The lowest BCUT2D eigenvalue weighted by molar-refractivity contribution is -0.315. The monoisotopic (exact) mass is 1060 g/mol. The number of Topliss-reactive ketones (excluding diaryl/α,β-unsaturated/α-hetero) is 2. The molecule has 2 aromatic carbocycles. The summed E-state index contributed by atoms with van der Waals surface area (Å²) in [4.78, 5) is 92.2. The number of unbranched alkanes of at least 4 members (excludes halogenated alkanes) is 2. The number of benzene rings is 2. The second kappa shape index (κ2) is 30.6. The first-order valence-corrected chi connectivity index (χ1v) is 28.5. The van der Waals surface area contributed by atoms with Gasteiger partial charge in [0, 0.05) is 24.7 Å². The minimum atomic E-state index is -1.16. The molecule has 2 aliphatic heterocycles. The van der Waals surface area contributed by atoms with Crippen molar-refractivity contribution in [3.8, 4) is 0 Å². The molecule has 0 radical (unpaired) electrons. The van der Waals surface area contributed by atoms with Crippen molar-refractivity contribution in [3.63, 3.8) is 0 Å².